The van der Waals surface area contributed by atoms with Crippen LogP contribution in [-0.2, 0) is 16.4 Å². The van der Waals surface area contributed by atoms with Gasteiger partial charge in [-0.15, -0.1) is 0 Å². The van der Waals surface area contributed by atoms with Crippen molar-refractivity contribution in [2.75, 3.05) is 0 Å². The number of aromatic nitrogens is 4. The summed E-state index contributed by atoms with van der Waals surface area (Å²) in [5.74, 6) is 0. The lowest BCUT2D eigenvalue weighted by Crippen LogP contribution is -2.31. The molecule has 120 valence electrons. The molecular formula is C14H15N5O2S2. The van der Waals surface area contributed by atoms with Crippen LogP contribution < -0.4 is 4.72 Å². The van der Waals surface area contributed by atoms with Gasteiger partial charge in [-0.25, -0.2) is 18.5 Å². The topological polar surface area (TPSA) is 101 Å². The summed E-state index contributed by atoms with van der Waals surface area (Å²) in [4.78, 5) is 8.07. The average molecular weight is 349 g/mol. The van der Waals surface area contributed by atoms with Crippen molar-refractivity contribution in [3.8, 4) is 0 Å². The molecule has 9 heteroatoms. The summed E-state index contributed by atoms with van der Waals surface area (Å²) >= 11 is 1.57. The zero-order valence-electron chi connectivity index (χ0n) is 12.3. The van der Waals surface area contributed by atoms with E-state index in [1.165, 1.54) is 0 Å². The normalized spacial score (nSPS) is 13.1. The number of aryl methyl sites for hydroxylation is 1. The highest BCUT2D eigenvalue weighted by Gasteiger charge is 2.25. The smallest absolute Gasteiger partial charge is 0.259 e. The van der Waals surface area contributed by atoms with E-state index in [-0.39, 0.29) is 5.16 Å². The predicted octanol–water partition coefficient (Wildman–Crippen LogP) is 1.83. The second-order valence-corrected chi connectivity index (χ2v) is 7.47. The molecule has 1 atom stereocenters. The highest BCUT2D eigenvalue weighted by atomic mass is 32.2. The fourth-order valence-corrected chi connectivity index (χ4v) is 3.83. The fraction of sp³-hybridized carbons (Fsp3) is 0.214. The van der Waals surface area contributed by atoms with E-state index >= 15 is 0 Å². The van der Waals surface area contributed by atoms with Crippen molar-refractivity contribution in [2.24, 2.45) is 0 Å². The van der Waals surface area contributed by atoms with Crippen molar-refractivity contribution in [3.63, 3.8) is 0 Å². The zero-order valence-corrected chi connectivity index (χ0v) is 13.9. The maximum atomic E-state index is 12.4. The Hall–Kier alpha value is -2.10. The minimum absolute atomic E-state index is 0.208. The molecule has 0 aliphatic rings. The lowest BCUT2D eigenvalue weighted by Gasteiger charge is -2.17. The summed E-state index contributed by atoms with van der Waals surface area (Å²) in [5.41, 5.74) is 2.72. The van der Waals surface area contributed by atoms with Gasteiger partial charge in [-0.3, -0.25) is 4.98 Å². The molecule has 7 nitrogen and oxygen atoms in total. The monoisotopic (exact) mass is 349 g/mol. The Morgan fingerprint density at radius 2 is 2.17 bits per heavy atom. The number of hydrogen-bond acceptors (Lipinski definition) is 6. The van der Waals surface area contributed by atoms with Crippen molar-refractivity contribution < 1.29 is 8.42 Å². The Labute approximate surface area is 137 Å². The van der Waals surface area contributed by atoms with Gasteiger partial charge in [-0.2, -0.15) is 21.2 Å². The van der Waals surface area contributed by atoms with Gasteiger partial charge in [0.2, 0.25) is 0 Å². The molecule has 0 amide bonds. The summed E-state index contributed by atoms with van der Waals surface area (Å²) < 4.78 is 27.5. The van der Waals surface area contributed by atoms with Gasteiger partial charge >= 0.3 is 0 Å². The summed E-state index contributed by atoms with van der Waals surface area (Å²) in [7, 11) is -3.79. The molecule has 3 aromatic rings. The van der Waals surface area contributed by atoms with E-state index in [4.69, 9.17) is 0 Å². The first-order valence-electron chi connectivity index (χ1n) is 6.86. The molecule has 0 fully saturated rings. The molecule has 0 aliphatic carbocycles. The Balaban J connectivity index is 1.90. The molecule has 0 radical (unpaired) electrons. The maximum absolute atomic E-state index is 12.4. The lowest BCUT2D eigenvalue weighted by molar-refractivity contribution is 0.543. The van der Waals surface area contributed by atoms with Gasteiger partial charge in [0.05, 0.1) is 11.7 Å². The van der Waals surface area contributed by atoms with Crippen molar-refractivity contribution in [2.45, 2.75) is 24.5 Å². The third kappa shape index (κ3) is 3.81. The Bertz CT molecular complexity index is 843. The molecule has 0 aliphatic heterocycles. The van der Waals surface area contributed by atoms with Gasteiger partial charge < -0.3 is 0 Å². The van der Waals surface area contributed by atoms with E-state index in [9.17, 15) is 8.42 Å². The van der Waals surface area contributed by atoms with E-state index in [1.54, 1.807) is 17.5 Å². The van der Waals surface area contributed by atoms with E-state index in [2.05, 4.69) is 24.9 Å². The minimum Gasteiger partial charge on any atom is -0.259 e. The Morgan fingerprint density at radius 1 is 1.30 bits per heavy atom. The Morgan fingerprint density at radius 3 is 2.78 bits per heavy atom. The quantitative estimate of drug-likeness (QED) is 0.707. The number of sulfonamides is 1. The largest absolute Gasteiger partial charge is 0.276 e. The highest BCUT2D eigenvalue weighted by Crippen LogP contribution is 2.20. The van der Waals surface area contributed by atoms with E-state index < -0.39 is 16.1 Å². The SMILES string of the molecule is Cc1ccc([C@@H](Cc2ccsc2)NS(=O)(=O)c2ncn[nH]2)nc1. The number of rotatable bonds is 6. The van der Waals surface area contributed by atoms with Gasteiger partial charge in [-0.1, -0.05) is 6.07 Å². The van der Waals surface area contributed by atoms with Crippen LogP contribution in [0.2, 0.25) is 0 Å². The zero-order chi connectivity index (χ0) is 16.3. The van der Waals surface area contributed by atoms with Crippen molar-refractivity contribution in [1.29, 1.82) is 0 Å². The average Bonchev–Trinajstić information content (AvgIpc) is 3.21. The predicted molar refractivity (Wildman–Crippen MR) is 86.4 cm³/mol. The van der Waals surface area contributed by atoms with E-state index in [0.717, 1.165) is 17.5 Å². The van der Waals surface area contributed by atoms with Crippen LogP contribution in [0, 0.1) is 6.92 Å². The Kier molecular flexibility index (Phi) is 4.51. The number of nitrogens with one attached hydrogen (secondary N) is 2. The van der Waals surface area contributed by atoms with E-state index in [1.807, 2.05) is 35.9 Å². The molecule has 0 aromatic carbocycles. The third-order valence-corrected chi connectivity index (χ3v) is 5.29. The third-order valence-electron chi connectivity index (χ3n) is 3.26. The summed E-state index contributed by atoms with van der Waals surface area (Å²) in [6, 6.07) is 5.22. The van der Waals surface area contributed by atoms with Crippen LogP contribution in [0.3, 0.4) is 0 Å². The summed E-state index contributed by atoms with van der Waals surface area (Å²) in [5, 5.41) is 9.70. The van der Waals surface area contributed by atoms with Crippen molar-refractivity contribution in [3.05, 3.63) is 58.3 Å². The van der Waals surface area contributed by atoms with Crippen LogP contribution in [-0.4, -0.2) is 28.6 Å². The molecule has 0 saturated carbocycles. The number of pyridine rings is 1. The minimum atomic E-state index is -3.79. The van der Waals surface area contributed by atoms with Crippen molar-refractivity contribution in [1.82, 2.24) is 24.9 Å². The summed E-state index contributed by atoms with van der Waals surface area (Å²) in [6.45, 7) is 1.93. The number of H-pyrrole nitrogens is 1. The first-order valence-corrected chi connectivity index (χ1v) is 9.28. The van der Waals surface area contributed by atoms with Gasteiger partial charge in [-0.05, 0) is 47.4 Å². The van der Waals surface area contributed by atoms with Crippen LogP contribution >= 0.6 is 11.3 Å². The van der Waals surface area contributed by atoms with Crippen LogP contribution in [0.15, 0.2) is 46.6 Å². The molecule has 0 saturated heterocycles. The molecular weight excluding hydrogens is 334 g/mol. The molecule has 2 N–H and O–H groups in total. The van der Waals surface area contributed by atoms with Crippen LogP contribution in [0.1, 0.15) is 22.9 Å². The standard InChI is InChI=1S/C14H15N5O2S2/c1-10-2-3-12(15-7-10)13(6-11-4-5-22-8-11)19-23(20,21)14-16-9-17-18-14/h2-5,7-9,13,19H,6H2,1H3,(H,16,17,18)/t13-/m1/s1. The molecule has 0 unspecified atom stereocenters. The molecule has 3 heterocycles. The van der Waals surface area contributed by atoms with Gasteiger partial charge in [0.1, 0.15) is 6.33 Å². The molecule has 3 aromatic heterocycles. The van der Waals surface area contributed by atoms with Crippen molar-refractivity contribution >= 4 is 21.4 Å². The highest BCUT2D eigenvalue weighted by molar-refractivity contribution is 7.89. The number of nitrogens with zero attached hydrogens (tertiary/aromatic N) is 3. The molecule has 3 rings (SSSR count). The van der Waals surface area contributed by atoms with Gasteiger partial charge in [0, 0.05) is 6.20 Å². The number of thiophene rings is 1. The van der Waals surface area contributed by atoms with Gasteiger partial charge in [0.25, 0.3) is 15.2 Å². The molecule has 0 bridgehead atoms. The lowest BCUT2D eigenvalue weighted by atomic mass is 10.1. The first-order chi connectivity index (χ1) is 11.0. The second-order valence-electron chi connectivity index (χ2n) is 5.06. The second kappa shape index (κ2) is 6.57. The maximum Gasteiger partial charge on any atom is 0.276 e. The number of aromatic amines is 1. The molecule has 23 heavy (non-hydrogen) atoms. The first kappa shape index (κ1) is 15.8. The molecule has 0 spiro atoms. The van der Waals surface area contributed by atoms with Crippen LogP contribution in [0.5, 0.6) is 0 Å². The number of hydrogen-bond donors (Lipinski definition) is 2. The van der Waals surface area contributed by atoms with Gasteiger partial charge in [0.15, 0.2) is 0 Å². The van der Waals surface area contributed by atoms with Crippen LogP contribution in [0.25, 0.3) is 0 Å². The summed E-state index contributed by atoms with van der Waals surface area (Å²) in [6.07, 6.45) is 3.39. The van der Waals surface area contributed by atoms with Crippen LogP contribution in [0.4, 0.5) is 0 Å². The fourth-order valence-electron chi connectivity index (χ4n) is 2.10. The van der Waals surface area contributed by atoms with E-state index in [0.29, 0.717) is 12.1 Å².